The van der Waals surface area contributed by atoms with Gasteiger partial charge < -0.3 is 9.64 Å². The number of aromatic nitrogens is 2. The molecule has 2 aromatic rings. The Morgan fingerprint density at radius 2 is 1.71 bits per heavy atom. The number of hydrogen-bond donors (Lipinski definition) is 0. The number of anilines is 1. The molecule has 1 aliphatic heterocycles. The molecular weight excluding hydrogens is 300 g/mol. The molecule has 0 N–H and O–H groups in total. The van der Waals surface area contributed by atoms with Gasteiger partial charge >= 0.3 is 0 Å². The van der Waals surface area contributed by atoms with E-state index in [9.17, 15) is 0 Å². The molecule has 1 aliphatic rings. The van der Waals surface area contributed by atoms with Crippen molar-refractivity contribution in [3.05, 3.63) is 53.9 Å². The van der Waals surface area contributed by atoms with Gasteiger partial charge in [-0.2, -0.15) is 0 Å². The number of hydrogen-bond acceptors (Lipinski definition) is 5. The Bertz CT molecular complexity index is 607. The third-order valence-electron chi connectivity index (χ3n) is 4.36. The van der Waals surface area contributed by atoms with Crippen molar-refractivity contribution in [1.29, 1.82) is 0 Å². The van der Waals surface area contributed by atoms with Gasteiger partial charge in [0, 0.05) is 51.7 Å². The Kier molecular flexibility index (Phi) is 5.77. The number of rotatable bonds is 6. The molecule has 0 radical (unpaired) electrons. The van der Waals surface area contributed by atoms with Gasteiger partial charge in [-0.05, 0) is 18.4 Å². The van der Waals surface area contributed by atoms with Crippen molar-refractivity contribution in [2.24, 2.45) is 0 Å². The lowest BCUT2D eigenvalue weighted by molar-refractivity contribution is -0.00397. The number of ether oxygens (including phenoxy) is 1. The van der Waals surface area contributed by atoms with Crippen LogP contribution in [0.4, 0.5) is 5.95 Å². The number of benzene rings is 1. The lowest BCUT2D eigenvalue weighted by Gasteiger charge is -2.31. The van der Waals surface area contributed by atoms with Crippen LogP contribution in [0.15, 0.2) is 42.7 Å². The second kappa shape index (κ2) is 8.22. The average Bonchev–Trinajstić information content (AvgIpc) is 2.62. The number of likely N-dealkylation sites (tertiary alicyclic amines) is 1. The van der Waals surface area contributed by atoms with Crippen LogP contribution in [0.3, 0.4) is 0 Å². The smallest absolute Gasteiger partial charge is 0.224 e. The molecule has 0 unspecified atom stereocenters. The molecule has 0 bridgehead atoms. The van der Waals surface area contributed by atoms with E-state index in [0.717, 1.165) is 38.4 Å². The average molecular weight is 326 g/mol. The quantitative estimate of drug-likeness (QED) is 0.816. The summed E-state index contributed by atoms with van der Waals surface area (Å²) >= 11 is 0. The van der Waals surface area contributed by atoms with Gasteiger partial charge in [-0.1, -0.05) is 30.3 Å². The molecule has 1 fully saturated rings. The molecule has 0 spiro atoms. The Morgan fingerprint density at radius 1 is 1.04 bits per heavy atom. The van der Waals surface area contributed by atoms with Gasteiger partial charge in [0.1, 0.15) is 0 Å². The second-order valence-corrected chi connectivity index (χ2v) is 6.56. The van der Waals surface area contributed by atoms with Crippen molar-refractivity contribution in [1.82, 2.24) is 14.9 Å². The zero-order valence-corrected chi connectivity index (χ0v) is 14.6. The minimum absolute atomic E-state index is 0.369. The van der Waals surface area contributed by atoms with Crippen LogP contribution in [0.5, 0.6) is 0 Å². The highest BCUT2D eigenvalue weighted by atomic mass is 16.5. The van der Waals surface area contributed by atoms with Crippen molar-refractivity contribution in [2.45, 2.75) is 32.1 Å². The minimum Gasteiger partial charge on any atom is -0.373 e. The molecule has 0 saturated carbocycles. The van der Waals surface area contributed by atoms with E-state index in [1.807, 2.05) is 37.5 Å². The molecule has 24 heavy (non-hydrogen) atoms. The maximum absolute atomic E-state index is 6.05. The second-order valence-electron chi connectivity index (χ2n) is 6.56. The first-order chi connectivity index (χ1) is 11.7. The van der Waals surface area contributed by atoms with Crippen LogP contribution in [0.1, 0.15) is 24.0 Å². The fourth-order valence-corrected chi connectivity index (χ4v) is 2.94. The zero-order chi connectivity index (χ0) is 16.8. The predicted octanol–water partition coefficient (Wildman–Crippen LogP) is 2.72. The summed E-state index contributed by atoms with van der Waals surface area (Å²) in [6, 6.07) is 10.4. The van der Waals surface area contributed by atoms with E-state index in [1.165, 1.54) is 11.1 Å². The summed E-state index contributed by atoms with van der Waals surface area (Å²) in [5, 5.41) is 0. The minimum atomic E-state index is 0.369. The monoisotopic (exact) mass is 326 g/mol. The van der Waals surface area contributed by atoms with Crippen molar-refractivity contribution >= 4 is 5.95 Å². The molecule has 1 aromatic heterocycles. The fourth-order valence-electron chi connectivity index (χ4n) is 2.94. The lowest BCUT2D eigenvalue weighted by atomic mass is 10.1. The van der Waals surface area contributed by atoms with E-state index in [1.54, 1.807) is 0 Å². The molecule has 1 saturated heterocycles. The molecule has 128 valence electrons. The van der Waals surface area contributed by atoms with Crippen molar-refractivity contribution < 1.29 is 4.74 Å². The van der Waals surface area contributed by atoms with Crippen LogP contribution in [0.25, 0.3) is 0 Å². The number of nitrogens with zero attached hydrogens (tertiary/aromatic N) is 4. The standard InChI is InChI=1S/C19H26N4O/c1-22(2)19-20-12-17(13-21-19)14-23-10-8-18(9-11-23)24-15-16-6-4-3-5-7-16/h3-7,12-13,18H,8-11,14-15H2,1-2H3. The highest BCUT2D eigenvalue weighted by molar-refractivity contribution is 5.26. The summed E-state index contributed by atoms with van der Waals surface area (Å²) in [4.78, 5) is 13.1. The molecule has 2 heterocycles. The van der Waals surface area contributed by atoms with Crippen LogP contribution < -0.4 is 4.90 Å². The summed E-state index contributed by atoms with van der Waals surface area (Å²) < 4.78 is 6.05. The highest BCUT2D eigenvalue weighted by Crippen LogP contribution is 2.17. The Balaban J connectivity index is 1.41. The summed E-state index contributed by atoms with van der Waals surface area (Å²) in [5.74, 6) is 0.756. The zero-order valence-electron chi connectivity index (χ0n) is 14.6. The number of piperidine rings is 1. The Labute approximate surface area is 144 Å². The van der Waals surface area contributed by atoms with Gasteiger partial charge in [0.15, 0.2) is 0 Å². The molecular formula is C19H26N4O. The Hall–Kier alpha value is -1.98. The molecule has 0 aliphatic carbocycles. The van der Waals surface area contributed by atoms with Crippen LogP contribution in [0.2, 0.25) is 0 Å². The van der Waals surface area contributed by atoms with Gasteiger partial charge in [0.25, 0.3) is 0 Å². The third kappa shape index (κ3) is 4.76. The fraction of sp³-hybridized carbons (Fsp3) is 0.474. The normalized spacial score (nSPS) is 16.2. The van der Waals surface area contributed by atoms with E-state index in [-0.39, 0.29) is 0 Å². The van der Waals surface area contributed by atoms with Gasteiger partial charge in [-0.3, -0.25) is 4.90 Å². The van der Waals surface area contributed by atoms with Crippen molar-refractivity contribution in [3.8, 4) is 0 Å². The SMILES string of the molecule is CN(C)c1ncc(CN2CCC(OCc3ccccc3)CC2)cn1. The molecule has 0 amide bonds. The van der Waals surface area contributed by atoms with Crippen molar-refractivity contribution in [3.63, 3.8) is 0 Å². The van der Waals surface area contributed by atoms with Crippen molar-refractivity contribution in [2.75, 3.05) is 32.1 Å². The summed E-state index contributed by atoms with van der Waals surface area (Å²) in [6.45, 7) is 3.76. The van der Waals surface area contributed by atoms with E-state index < -0.39 is 0 Å². The summed E-state index contributed by atoms with van der Waals surface area (Å²) in [7, 11) is 3.91. The van der Waals surface area contributed by atoms with Gasteiger partial charge in [-0.15, -0.1) is 0 Å². The molecule has 5 heteroatoms. The maximum atomic E-state index is 6.05. The van der Waals surface area contributed by atoms with E-state index in [2.05, 4.69) is 39.1 Å². The Morgan fingerprint density at radius 3 is 2.33 bits per heavy atom. The first-order valence-corrected chi connectivity index (χ1v) is 8.57. The molecule has 5 nitrogen and oxygen atoms in total. The van der Waals surface area contributed by atoms with Gasteiger partial charge in [0.05, 0.1) is 12.7 Å². The third-order valence-corrected chi connectivity index (χ3v) is 4.36. The van der Waals surface area contributed by atoms with Gasteiger partial charge in [0.2, 0.25) is 5.95 Å². The topological polar surface area (TPSA) is 41.5 Å². The highest BCUT2D eigenvalue weighted by Gasteiger charge is 2.20. The molecule has 3 rings (SSSR count). The molecule has 1 aromatic carbocycles. The van der Waals surface area contributed by atoms with Crippen LogP contribution >= 0.6 is 0 Å². The summed E-state index contributed by atoms with van der Waals surface area (Å²) in [6.07, 6.45) is 6.40. The largest absolute Gasteiger partial charge is 0.373 e. The molecule has 0 atom stereocenters. The van der Waals surface area contributed by atoms with Crippen LogP contribution in [0, 0.1) is 0 Å². The van der Waals surface area contributed by atoms with Crippen LogP contribution in [-0.2, 0) is 17.9 Å². The predicted molar refractivity (Wildman–Crippen MR) is 95.9 cm³/mol. The van der Waals surface area contributed by atoms with E-state index >= 15 is 0 Å². The van der Waals surface area contributed by atoms with Gasteiger partial charge in [-0.25, -0.2) is 9.97 Å². The van der Waals surface area contributed by atoms with E-state index in [4.69, 9.17) is 4.74 Å². The maximum Gasteiger partial charge on any atom is 0.224 e. The lowest BCUT2D eigenvalue weighted by Crippen LogP contribution is -2.36. The van der Waals surface area contributed by atoms with Crippen LogP contribution in [-0.4, -0.2) is 48.2 Å². The first-order valence-electron chi connectivity index (χ1n) is 8.57. The first kappa shape index (κ1) is 16.9. The summed E-state index contributed by atoms with van der Waals surface area (Å²) in [5.41, 5.74) is 2.42. The van der Waals surface area contributed by atoms with E-state index in [0.29, 0.717) is 12.7 Å².